The number of amides is 1. The largest absolute Gasteiger partial charge is 0.284 e. The number of hydrogen-bond donors (Lipinski definition) is 2. The van der Waals surface area contributed by atoms with Crippen LogP contribution in [0.5, 0.6) is 0 Å². The third-order valence-electron chi connectivity index (χ3n) is 3.49. The molecule has 0 saturated carbocycles. The van der Waals surface area contributed by atoms with Crippen LogP contribution in [-0.4, -0.2) is 24.2 Å². The number of benzene rings is 2. The van der Waals surface area contributed by atoms with Crippen molar-refractivity contribution in [3.8, 4) is 0 Å². The van der Waals surface area contributed by atoms with Gasteiger partial charge < -0.3 is 0 Å². The van der Waals surface area contributed by atoms with Gasteiger partial charge in [0.25, 0.3) is 21.6 Å². The van der Waals surface area contributed by atoms with Gasteiger partial charge in [0.2, 0.25) is 0 Å². The molecule has 1 heterocycles. The van der Waals surface area contributed by atoms with Crippen molar-refractivity contribution in [3.05, 3.63) is 76.5 Å². The van der Waals surface area contributed by atoms with E-state index in [1.165, 1.54) is 6.07 Å². The Morgan fingerprint density at radius 2 is 1.69 bits per heavy atom. The number of fused-ring (bicyclic) bond motifs is 1. The van der Waals surface area contributed by atoms with E-state index in [9.17, 15) is 23.3 Å². The molecule has 0 atom stereocenters. The topological polar surface area (TPSA) is 131 Å². The molecule has 2 aromatic carbocycles. The lowest BCUT2D eigenvalue weighted by Crippen LogP contribution is -2.41. The maximum atomic E-state index is 12.1. The zero-order valence-corrected chi connectivity index (χ0v) is 13.9. The first-order chi connectivity index (χ1) is 12.4. The highest BCUT2D eigenvalue weighted by Gasteiger charge is 2.17. The standard InChI is InChI=1S/C16H12N4O5S/c21-16(15-10-5-11-3-1-2-4-14(11)17-15)18-19-26(24,25)13-8-6-12(7-9-13)20(22)23/h1-10,19H,(H,18,21). The third kappa shape index (κ3) is 3.66. The van der Waals surface area contributed by atoms with E-state index in [4.69, 9.17) is 0 Å². The van der Waals surface area contributed by atoms with Gasteiger partial charge >= 0.3 is 0 Å². The van der Waals surface area contributed by atoms with Crippen molar-refractivity contribution in [3.63, 3.8) is 0 Å². The van der Waals surface area contributed by atoms with Crippen LogP contribution in [0.15, 0.2) is 65.6 Å². The van der Waals surface area contributed by atoms with E-state index in [1.54, 1.807) is 18.2 Å². The summed E-state index contributed by atoms with van der Waals surface area (Å²) < 4.78 is 24.3. The number of nitrogens with zero attached hydrogens (tertiary/aromatic N) is 2. The van der Waals surface area contributed by atoms with Gasteiger partial charge in [-0.3, -0.25) is 20.3 Å². The number of nitro groups is 1. The lowest BCUT2D eigenvalue weighted by Gasteiger charge is -2.08. The summed E-state index contributed by atoms with van der Waals surface area (Å²) in [6, 6.07) is 14.6. The van der Waals surface area contributed by atoms with Crippen molar-refractivity contribution in [2.75, 3.05) is 0 Å². The van der Waals surface area contributed by atoms with E-state index in [0.29, 0.717) is 5.52 Å². The lowest BCUT2D eigenvalue weighted by molar-refractivity contribution is -0.384. The Morgan fingerprint density at radius 1 is 1.00 bits per heavy atom. The van der Waals surface area contributed by atoms with E-state index < -0.39 is 20.9 Å². The molecule has 0 spiro atoms. The first-order valence-electron chi connectivity index (χ1n) is 7.29. The zero-order valence-electron chi connectivity index (χ0n) is 13.1. The second-order valence-corrected chi connectivity index (χ2v) is 6.88. The Bertz CT molecular complexity index is 1100. The summed E-state index contributed by atoms with van der Waals surface area (Å²) in [5, 5.41) is 11.4. The summed E-state index contributed by atoms with van der Waals surface area (Å²) in [4.78, 5) is 27.9. The quantitative estimate of drug-likeness (QED) is 0.518. The monoisotopic (exact) mass is 372 g/mol. The second-order valence-electron chi connectivity index (χ2n) is 5.20. The van der Waals surface area contributed by atoms with Gasteiger partial charge in [0.05, 0.1) is 15.3 Å². The molecule has 0 aliphatic carbocycles. The van der Waals surface area contributed by atoms with Crippen LogP contribution in [0.3, 0.4) is 0 Å². The van der Waals surface area contributed by atoms with Crippen molar-refractivity contribution < 1.29 is 18.1 Å². The minimum atomic E-state index is -4.08. The molecule has 2 N–H and O–H groups in total. The molecule has 9 nitrogen and oxygen atoms in total. The van der Waals surface area contributed by atoms with Crippen molar-refractivity contribution in [2.45, 2.75) is 4.90 Å². The van der Waals surface area contributed by atoms with Gasteiger partial charge in [0, 0.05) is 17.5 Å². The Morgan fingerprint density at radius 3 is 2.38 bits per heavy atom. The lowest BCUT2D eigenvalue weighted by atomic mass is 10.2. The van der Waals surface area contributed by atoms with Crippen LogP contribution < -0.4 is 10.3 Å². The highest BCUT2D eigenvalue weighted by atomic mass is 32.2. The number of sulfonamides is 1. The fourth-order valence-electron chi connectivity index (χ4n) is 2.18. The van der Waals surface area contributed by atoms with Crippen LogP contribution >= 0.6 is 0 Å². The molecule has 0 unspecified atom stereocenters. The fraction of sp³-hybridized carbons (Fsp3) is 0. The zero-order chi connectivity index (χ0) is 18.7. The number of non-ortho nitro benzene ring substituents is 1. The molecule has 1 aromatic heterocycles. The van der Waals surface area contributed by atoms with Gasteiger partial charge in [0.15, 0.2) is 0 Å². The summed E-state index contributed by atoms with van der Waals surface area (Å²) in [5.74, 6) is -0.735. The number of pyridine rings is 1. The minimum Gasteiger partial charge on any atom is -0.272 e. The van der Waals surface area contributed by atoms with Gasteiger partial charge in [-0.1, -0.05) is 24.3 Å². The Balaban J connectivity index is 1.73. The highest BCUT2D eigenvalue weighted by Crippen LogP contribution is 2.15. The molecule has 0 fully saturated rings. The van der Waals surface area contributed by atoms with E-state index in [0.717, 1.165) is 29.7 Å². The van der Waals surface area contributed by atoms with Crippen LogP contribution in [0.1, 0.15) is 10.5 Å². The molecule has 0 bridgehead atoms. The van der Waals surface area contributed by atoms with Crippen LogP contribution in [0.4, 0.5) is 5.69 Å². The average molecular weight is 372 g/mol. The molecule has 0 saturated heterocycles. The number of hydrogen-bond acceptors (Lipinski definition) is 6. The second kappa shape index (κ2) is 6.86. The molecule has 26 heavy (non-hydrogen) atoms. The number of carbonyl (C=O) groups excluding carboxylic acids is 1. The summed E-state index contributed by atoms with van der Waals surface area (Å²) >= 11 is 0. The molecular formula is C16H12N4O5S. The highest BCUT2D eigenvalue weighted by molar-refractivity contribution is 7.89. The summed E-state index contributed by atoms with van der Waals surface area (Å²) in [6.45, 7) is 0. The van der Waals surface area contributed by atoms with Crippen LogP contribution in [0.25, 0.3) is 10.9 Å². The normalized spacial score (nSPS) is 11.2. The number of nitro benzene ring substituents is 1. The number of carbonyl (C=O) groups is 1. The maximum Gasteiger partial charge on any atom is 0.284 e. The predicted molar refractivity (Wildman–Crippen MR) is 92.6 cm³/mol. The van der Waals surface area contributed by atoms with Crippen LogP contribution in [0, 0.1) is 10.1 Å². The molecule has 3 aromatic rings. The SMILES string of the molecule is O=C(NNS(=O)(=O)c1ccc([N+](=O)[O-])cc1)c1ccc2ccccc2n1. The van der Waals surface area contributed by atoms with Crippen molar-refractivity contribution in [2.24, 2.45) is 0 Å². The third-order valence-corrected chi connectivity index (χ3v) is 4.75. The minimum absolute atomic E-state index is 0.0371. The molecule has 0 radical (unpaired) electrons. The summed E-state index contributed by atoms with van der Waals surface area (Å²) in [5.41, 5.74) is 2.46. The van der Waals surface area contributed by atoms with Crippen molar-refractivity contribution in [1.82, 2.24) is 15.2 Å². The molecule has 1 amide bonds. The van der Waals surface area contributed by atoms with Gasteiger partial charge in [-0.05, 0) is 24.3 Å². The van der Waals surface area contributed by atoms with E-state index in [1.807, 2.05) is 17.0 Å². The average Bonchev–Trinajstić information content (AvgIpc) is 2.66. The van der Waals surface area contributed by atoms with Gasteiger partial charge in [-0.15, -0.1) is 4.83 Å². The number of aromatic nitrogens is 1. The number of nitrogens with one attached hydrogen (secondary N) is 2. The molecule has 3 rings (SSSR count). The fourth-order valence-corrected chi connectivity index (χ4v) is 3.02. The molecule has 10 heteroatoms. The van der Waals surface area contributed by atoms with Crippen molar-refractivity contribution in [1.29, 1.82) is 0 Å². The summed E-state index contributed by atoms with van der Waals surface area (Å²) in [7, 11) is -4.08. The van der Waals surface area contributed by atoms with E-state index >= 15 is 0 Å². The van der Waals surface area contributed by atoms with Gasteiger partial charge in [-0.25, -0.2) is 13.4 Å². The van der Waals surface area contributed by atoms with E-state index in [-0.39, 0.29) is 16.3 Å². The number of rotatable bonds is 5. The van der Waals surface area contributed by atoms with Crippen molar-refractivity contribution >= 4 is 32.5 Å². The Hall–Kier alpha value is -3.37. The molecule has 0 aliphatic rings. The van der Waals surface area contributed by atoms with Crippen LogP contribution in [-0.2, 0) is 10.0 Å². The summed E-state index contributed by atoms with van der Waals surface area (Å²) in [6.07, 6.45) is 0. The maximum absolute atomic E-state index is 12.1. The van der Waals surface area contributed by atoms with E-state index in [2.05, 4.69) is 10.4 Å². The molecular weight excluding hydrogens is 360 g/mol. The Labute approximate surface area is 147 Å². The molecule has 0 aliphatic heterocycles. The number of para-hydroxylation sites is 1. The van der Waals surface area contributed by atoms with Gasteiger partial charge in [-0.2, -0.15) is 0 Å². The molecule has 132 valence electrons. The first-order valence-corrected chi connectivity index (χ1v) is 8.77. The first kappa shape index (κ1) is 17.5. The number of hydrazine groups is 1. The predicted octanol–water partition coefficient (Wildman–Crippen LogP) is 1.77. The smallest absolute Gasteiger partial charge is 0.272 e. The van der Waals surface area contributed by atoms with Crippen LogP contribution in [0.2, 0.25) is 0 Å². The Kier molecular flexibility index (Phi) is 4.61. The van der Waals surface area contributed by atoms with Gasteiger partial charge in [0.1, 0.15) is 5.69 Å².